The molecule has 0 radical (unpaired) electrons. The molecule has 0 fully saturated rings. The van der Waals surface area contributed by atoms with Crippen molar-refractivity contribution in [1.29, 1.82) is 0 Å². The zero-order valence-electron chi connectivity index (χ0n) is 15.5. The number of carbonyl (C=O) groups excluding carboxylic acids is 3. The van der Waals surface area contributed by atoms with E-state index in [0.29, 0.717) is 5.02 Å². The Labute approximate surface area is 173 Å². The molecule has 0 saturated carbocycles. The summed E-state index contributed by atoms with van der Waals surface area (Å²) in [6.45, 7) is 3.46. The molecule has 0 saturated heterocycles. The number of benzene rings is 2. The van der Waals surface area contributed by atoms with E-state index in [9.17, 15) is 14.4 Å². The minimum absolute atomic E-state index is 0.128. The third-order valence-electron chi connectivity index (χ3n) is 3.70. The molecular formula is C20H20Cl2N2O4. The zero-order valence-corrected chi connectivity index (χ0v) is 17.0. The Balaban J connectivity index is 1.72. The third kappa shape index (κ3) is 6.87. The molecule has 0 bridgehead atoms. The number of esters is 1. The predicted molar refractivity (Wildman–Crippen MR) is 108 cm³/mol. The van der Waals surface area contributed by atoms with E-state index in [-0.39, 0.29) is 30.3 Å². The van der Waals surface area contributed by atoms with Gasteiger partial charge in [0, 0.05) is 5.02 Å². The number of ether oxygens (including phenoxy) is 1. The Morgan fingerprint density at radius 1 is 0.929 bits per heavy atom. The van der Waals surface area contributed by atoms with Crippen LogP contribution in [0.4, 0.5) is 0 Å². The highest BCUT2D eigenvalue weighted by Crippen LogP contribution is 2.20. The molecule has 0 unspecified atom stereocenters. The van der Waals surface area contributed by atoms with Crippen molar-refractivity contribution >= 4 is 41.0 Å². The minimum Gasteiger partial charge on any atom is -0.460 e. The number of carbonyl (C=O) groups is 3. The first kappa shape index (κ1) is 21.7. The Morgan fingerprint density at radius 2 is 1.61 bits per heavy atom. The summed E-state index contributed by atoms with van der Waals surface area (Å²) in [6, 6.07) is 10.3. The maximum absolute atomic E-state index is 12.0. The van der Waals surface area contributed by atoms with Crippen LogP contribution in [0.1, 0.15) is 27.0 Å². The Kier molecular flexibility index (Phi) is 7.84. The maximum atomic E-state index is 12.0. The molecule has 2 N–H and O–H groups in total. The van der Waals surface area contributed by atoms with Gasteiger partial charge in [-0.15, -0.1) is 0 Å². The first-order valence-corrected chi connectivity index (χ1v) is 9.23. The van der Waals surface area contributed by atoms with Crippen LogP contribution in [0, 0.1) is 13.8 Å². The number of rotatable bonds is 7. The molecule has 6 nitrogen and oxygen atoms in total. The van der Waals surface area contributed by atoms with Crippen molar-refractivity contribution in [1.82, 2.24) is 10.6 Å². The van der Waals surface area contributed by atoms with Crippen LogP contribution in [-0.2, 0) is 20.9 Å². The zero-order chi connectivity index (χ0) is 20.7. The average molecular weight is 423 g/mol. The largest absolute Gasteiger partial charge is 0.460 e. The summed E-state index contributed by atoms with van der Waals surface area (Å²) in [4.78, 5) is 35.6. The molecule has 0 aliphatic carbocycles. The molecule has 0 heterocycles. The summed E-state index contributed by atoms with van der Waals surface area (Å²) in [5.74, 6) is -1.62. The van der Waals surface area contributed by atoms with Crippen molar-refractivity contribution < 1.29 is 19.1 Å². The van der Waals surface area contributed by atoms with Crippen LogP contribution in [0.5, 0.6) is 0 Å². The standard InChI is InChI=1S/C20H20Cl2N2O4/c1-12-5-13(2)7-14(6-12)11-28-19(26)10-23-18(25)9-24-20(27)16-4-3-15(21)8-17(16)22/h3-8H,9-11H2,1-2H3,(H,23,25)(H,24,27). The quantitative estimate of drug-likeness (QED) is 0.670. The lowest BCUT2D eigenvalue weighted by molar-refractivity contribution is -0.145. The topological polar surface area (TPSA) is 84.5 Å². The van der Waals surface area contributed by atoms with Crippen molar-refractivity contribution in [3.8, 4) is 0 Å². The summed E-state index contributed by atoms with van der Waals surface area (Å²) in [5, 5.41) is 5.39. The van der Waals surface area contributed by atoms with Crippen molar-refractivity contribution in [2.24, 2.45) is 0 Å². The molecule has 0 atom stereocenters. The van der Waals surface area contributed by atoms with Gasteiger partial charge in [0.1, 0.15) is 13.2 Å². The molecule has 0 spiro atoms. The van der Waals surface area contributed by atoms with Gasteiger partial charge < -0.3 is 15.4 Å². The minimum atomic E-state index is -0.570. The fraction of sp³-hybridized carbons (Fsp3) is 0.250. The predicted octanol–water partition coefficient (Wildman–Crippen LogP) is 3.20. The van der Waals surface area contributed by atoms with Crippen LogP contribution in [-0.4, -0.2) is 30.9 Å². The van der Waals surface area contributed by atoms with E-state index in [2.05, 4.69) is 10.6 Å². The maximum Gasteiger partial charge on any atom is 0.325 e. The molecule has 2 aromatic carbocycles. The molecule has 0 aliphatic rings. The summed E-state index contributed by atoms with van der Waals surface area (Å²) in [7, 11) is 0. The van der Waals surface area contributed by atoms with Gasteiger partial charge in [0.15, 0.2) is 0 Å². The third-order valence-corrected chi connectivity index (χ3v) is 4.24. The summed E-state index contributed by atoms with van der Waals surface area (Å²) >= 11 is 11.7. The number of aryl methyl sites for hydroxylation is 2. The number of halogens is 2. The highest BCUT2D eigenvalue weighted by molar-refractivity contribution is 6.36. The second-order valence-corrected chi connectivity index (χ2v) is 7.08. The van der Waals surface area contributed by atoms with E-state index in [1.54, 1.807) is 0 Å². The molecular weight excluding hydrogens is 403 g/mol. The van der Waals surface area contributed by atoms with Crippen LogP contribution in [0.3, 0.4) is 0 Å². The average Bonchev–Trinajstić information content (AvgIpc) is 2.62. The highest BCUT2D eigenvalue weighted by Gasteiger charge is 2.13. The molecule has 0 aliphatic heterocycles. The van der Waals surface area contributed by atoms with E-state index >= 15 is 0 Å². The van der Waals surface area contributed by atoms with Crippen LogP contribution in [0.15, 0.2) is 36.4 Å². The second-order valence-electron chi connectivity index (χ2n) is 6.24. The van der Waals surface area contributed by atoms with Gasteiger partial charge in [-0.1, -0.05) is 52.5 Å². The fourth-order valence-corrected chi connectivity index (χ4v) is 3.02. The lowest BCUT2D eigenvalue weighted by atomic mass is 10.1. The Morgan fingerprint density at radius 3 is 2.25 bits per heavy atom. The molecule has 2 amide bonds. The first-order valence-electron chi connectivity index (χ1n) is 8.47. The second kappa shape index (κ2) is 10.1. The molecule has 0 aromatic heterocycles. The van der Waals surface area contributed by atoms with E-state index in [1.165, 1.54) is 18.2 Å². The first-order chi connectivity index (χ1) is 13.2. The normalized spacial score (nSPS) is 10.3. The van der Waals surface area contributed by atoms with Crippen molar-refractivity contribution in [3.63, 3.8) is 0 Å². The smallest absolute Gasteiger partial charge is 0.325 e. The lowest BCUT2D eigenvalue weighted by Gasteiger charge is -2.09. The van der Waals surface area contributed by atoms with Crippen LogP contribution < -0.4 is 10.6 Å². The Bertz CT molecular complexity index is 880. The molecule has 148 valence electrons. The molecule has 28 heavy (non-hydrogen) atoms. The SMILES string of the molecule is Cc1cc(C)cc(COC(=O)CNC(=O)CNC(=O)c2ccc(Cl)cc2Cl)c1. The number of nitrogens with one attached hydrogen (secondary N) is 2. The molecule has 8 heteroatoms. The van der Waals surface area contributed by atoms with Gasteiger partial charge in [0.25, 0.3) is 5.91 Å². The van der Waals surface area contributed by atoms with Crippen molar-refractivity contribution in [2.75, 3.05) is 13.1 Å². The summed E-state index contributed by atoms with van der Waals surface area (Å²) in [5.41, 5.74) is 3.24. The molecule has 2 rings (SSSR count). The van der Waals surface area contributed by atoms with Crippen molar-refractivity contribution in [3.05, 3.63) is 68.7 Å². The summed E-state index contributed by atoms with van der Waals surface area (Å²) < 4.78 is 5.14. The van der Waals surface area contributed by atoms with Crippen LogP contribution in [0.25, 0.3) is 0 Å². The molecule has 2 aromatic rings. The van der Waals surface area contributed by atoms with Gasteiger partial charge in [-0.2, -0.15) is 0 Å². The van der Waals surface area contributed by atoms with Gasteiger partial charge >= 0.3 is 5.97 Å². The lowest BCUT2D eigenvalue weighted by Crippen LogP contribution is -2.39. The van der Waals surface area contributed by atoms with E-state index in [1.807, 2.05) is 32.0 Å². The van der Waals surface area contributed by atoms with Gasteiger partial charge in [-0.3, -0.25) is 14.4 Å². The Hall–Kier alpha value is -2.57. The van der Waals surface area contributed by atoms with E-state index < -0.39 is 17.8 Å². The van der Waals surface area contributed by atoms with Gasteiger partial charge in [-0.05, 0) is 37.6 Å². The highest BCUT2D eigenvalue weighted by atomic mass is 35.5. The number of amides is 2. The van der Waals surface area contributed by atoms with Crippen LogP contribution >= 0.6 is 23.2 Å². The van der Waals surface area contributed by atoms with Crippen molar-refractivity contribution in [2.45, 2.75) is 20.5 Å². The van der Waals surface area contributed by atoms with E-state index in [4.69, 9.17) is 27.9 Å². The van der Waals surface area contributed by atoms with E-state index in [0.717, 1.165) is 16.7 Å². The van der Waals surface area contributed by atoms with Gasteiger partial charge in [0.2, 0.25) is 5.91 Å². The number of hydrogen-bond donors (Lipinski definition) is 2. The van der Waals surface area contributed by atoms with Crippen LogP contribution in [0.2, 0.25) is 10.0 Å². The van der Waals surface area contributed by atoms with Gasteiger partial charge in [0.05, 0.1) is 17.1 Å². The monoisotopic (exact) mass is 422 g/mol. The van der Waals surface area contributed by atoms with Gasteiger partial charge in [-0.25, -0.2) is 0 Å². The summed E-state index contributed by atoms with van der Waals surface area (Å²) in [6.07, 6.45) is 0. The fourth-order valence-electron chi connectivity index (χ4n) is 2.53. The number of hydrogen-bond acceptors (Lipinski definition) is 4.